The molecular weight excluding hydrogens is 182 g/mol. The predicted octanol–water partition coefficient (Wildman–Crippen LogP) is 0.00930. The van der Waals surface area contributed by atoms with Crippen molar-refractivity contribution >= 4 is 11.6 Å². The normalized spacial score (nSPS) is 26.9. The van der Waals surface area contributed by atoms with Gasteiger partial charge >= 0.3 is 0 Å². The molecule has 0 aromatic rings. The third kappa shape index (κ3) is 2.19. The summed E-state index contributed by atoms with van der Waals surface area (Å²) >= 11 is 0. The fraction of sp³-hybridized carbons (Fsp3) is 0.800. The van der Waals surface area contributed by atoms with Crippen LogP contribution >= 0.6 is 0 Å². The number of Topliss-reactive ketones (excluding diaryl/α,β-unsaturated/α-hetero) is 2. The Bertz CT molecular complexity index is 230. The van der Waals surface area contributed by atoms with E-state index >= 15 is 0 Å². The van der Waals surface area contributed by atoms with Crippen molar-refractivity contribution in [3.05, 3.63) is 0 Å². The lowest BCUT2D eigenvalue weighted by Gasteiger charge is -2.35. The van der Waals surface area contributed by atoms with E-state index < -0.39 is 0 Å². The van der Waals surface area contributed by atoms with Crippen LogP contribution in [0.3, 0.4) is 0 Å². The molecule has 4 heteroatoms. The number of rotatable bonds is 1. The molecule has 2 fully saturated rings. The highest BCUT2D eigenvalue weighted by molar-refractivity contribution is 6.02. The molecule has 2 rings (SSSR count). The van der Waals surface area contributed by atoms with Crippen LogP contribution in [0.2, 0.25) is 0 Å². The Morgan fingerprint density at radius 2 is 1.64 bits per heavy atom. The van der Waals surface area contributed by atoms with E-state index in [1.54, 1.807) is 0 Å². The van der Waals surface area contributed by atoms with Crippen molar-refractivity contribution in [2.75, 3.05) is 26.3 Å². The fourth-order valence-electron chi connectivity index (χ4n) is 2.16. The topological polar surface area (TPSA) is 46.6 Å². The maximum Gasteiger partial charge on any atom is 0.141 e. The highest BCUT2D eigenvalue weighted by Gasteiger charge is 2.30. The monoisotopic (exact) mass is 197 g/mol. The average molecular weight is 197 g/mol. The third-order valence-electron chi connectivity index (χ3n) is 2.88. The standard InChI is InChI=1S/C10H15NO3/c12-9-5-8(6-10(13)7-9)11-1-3-14-4-2-11/h8H,1-7H2. The number of ether oxygens (including phenoxy) is 1. The molecular formula is C10H15NO3. The zero-order chi connectivity index (χ0) is 9.97. The molecule has 0 bridgehead atoms. The molecule has 0 N–H and O–H groups in total. The van der Waals surface area contributed by atoms with Crippen molar-refractivity contribution in [2.24, 2.45) is 0 Å². The summed E-state index contributed by atoms with van der Waals surface area (Å²) in [5.41, 5.74) is 0. The molecule has 2 aliphatic rings. The Hall–Kier alpha value is -0.740. The third-order valence-corrected chi connectivity index (χ3v) is 2.88. The predicted molar refractivity (Wildman–Crippen MR) is 50.0 cm³/mol. The van der Waals surface area contributed by atoms with Crippen LogP contribution in [0.4, 0.5) is 0 Å². The van der Waals surface area contributed by atoms with E-state index in [1.165, 1.54) is 0 Å². The smallest absolute Gasteiger partial charge is 0.141 e. The Morgan fingerprint density at radius 1 is 1.07 bits per heavy atom. The van der Waals surface area contributed by atoms with Crippen LogP contribution in [-0.4, -0.2) is 48.8 Å². The van der Waals surface area contributed by atoms with Gasteiger partial charge in [0.05, 0.1) is 19.6 Å². The summed E-state index contributed by atoms with van der Waals surface area (Å²) in [6.07, 6.45) is 1.25. The summed E-state index contributed by atoms with van der Waals surface area (Å²) in [5.74, 6) is 0.190. The Kier molecular flexibility index (Phi) is 2.93. The number of nitrogens with zero attached hydrogens (tertiary/aromatic N) is 1. The van der Waals surface area contributed by atoms with Crippen LogP contribution in [0.1, 0.15) is 19.3 Å². The first-order valence-corrected chi connectivity index (χ1v) is 5.11. The van der Waals surface area contributed by atoms with Crippen molar-refractivity contribution in [2.45, 2.75) is 25.3 Å². The molecule has 14 heavy (non-hydrogen) atoms. The van der Waals surface area contributed by atoms with Crippen molar-refractivity contribution < 1.29 is 14.3 Å². The van der Waals surface area contributed by atoms with Gasteiger partial charge in [-0.25, -0.2) is 0 Å². The summed E-state index contributed by atoms with van der Waals surface area (Å²) < 4.78 is 5.23. The number of carbonyl (C=O) groups excluding carboxylic acids is 2. The van der Waals surface area contributed by atoms with E-state index in [0.717, 1.165) is 26.3 Å². The molecule has 78 valence electrons. The highest BCUT2D eigenvalue weighted by Crippen LogP contribution is 2.18. The van der Waals surface area contributed by atoms with Gasteiger partial charge in [-0.3, -0.25) is 14.5 Å². The Balaban J connectivity index is 1.95. The van der Waals surface area contributed by atoms with Crippen LogP contribution in [0.15, 0.2) is 0 Å². The first-order chi connectivity index (χ1) is 6.75. The molecule has 1 aliphatic carbocycles. The van der Waals surface area contributed by atoms with Crippen molar-refractivity contribution in [3.63, 3.8) is 0 Å². The minimum Gasteiger partial charge on any atom is -0.379 e. The van der Waals surface area contributed by atoms with Gasteiger partial charge in [-0.2, -0.15) is 0 Å². The van der Waals surface area contributed by atoms with E-state index in [0.29, 0.717) is 12.8 Å². The number of hydrogen-bond acceptors (Lipinski definition) is 4. The second kappa shape index (κ2) is 4.19. The molecule has 0 aromatic heterocycles. The number of morpholine rings is 1. The van der Waals surface area contributed by atoms with Crippen LogP contribution in [-0.2, 0) is 14.3 Å². The first kappa shape index (κ1) is 9.80. The summed E-state index contributed by atoms with van der Waals surface area (Å²) in [4.78, 5) is 24.7. The van der Waals surface area contributed by atoms with Gasteiger partial charge in [0.1, 0.15) is 11.6 Å². The van der Waals surface area contributed by atoms with Gasteiger partial charge in [-0.1, -0.05) is 0 Å². The van der Waals surface area contributed by atoms with Gasteiger partial charge in [-0.05, 0) is 0 Å². The summed E-state index contributed by atoms with van der Waals surface area (Å²) in [5, 5.41) is 0. The van der Waals surface area contributed by atoms with E-state index in [9.17, 15) is 9.59 Å². The molecule has 0 radical (unpaired) electrons. The maximum atomic E-state index is 11.2. The van der Waals surface area contributed by atoms with Crippen molar-refractivity contribution in [1.82, 2.24) is 4.90 Å². The minimum absolute atomic E-state index is 0.0951. The zero-order valence-electron chi connectivity index (χ0n) is 8.20. The van der Waals surface area contributed by atoms with Gasteiger partial charge in [0.2, 0.25) is 0 Å². The Morgan fingerprint density at radius 3 is 2.21 bits per heavy atom. The van der Waals surface area contributed by atoms with E-state index in [2.05, 4.69) is 4.90 Å². The largest absolute Gasteiger partial charge is 0.379 e. The minimum atomic E-state index is 0.0951. The second-order valence-electron chi connectivity index (χ2n) is 3.96. The maximum absolute atomic E-state index is 11.2. The van der Waals surface area contributed by atoms with Gasteiger partial charge < -0.3 is 4.74 Å². The number of carbonyl (C=O) groups is 2. The molecule has 4 nitrogen and oxygen atoms in total. The number of hydrogen-bond donors (Lipinski definition) is 0. The van der Waals surface area contributed by atoms with Gasteiger partial charge in [0.25, 0.3) is 0 Å². The molecule has 0 spiro atoms. The zero-order valence-corrected chi connectivity index (χ0v) is 8.20. The Labute approximate surface area is 83.2 Å². The molecule has 1 aliphatic heterocycles. The fourth-order valence-corrected chi connectivity index (χ4v) is 2.16. The molecule has 0 aromatic carbocycles. The van der Waals surface area contributed by atoms with Gasteiger partial charge in [-0.15, -0.1) is 0 Å². The van der Waals surface area contributed by atoms with Crippen molar-refractivity contribution in [1.29, 1.82) is 0 Å². The van der Waals surface area contributed by atoms with E-state index in [-0.39, 0.29) is 24.0 Å². The van der Waals surface area contributed by atoms with Crippen molar-refractivity contribution in [3.8, 4) is 0 Å². The molecule has 0 atom stereocenters. The molecule has 1 saturated carbocycles. The van der Waals surface area contributed by atoms with Crippen LogP contribution in [0, 0.1) is 0 Å². The summed E-state index contributed by atoms with van der Waals surface area (Å²) in [6, 6.07) is 0.146. The quantitative estimate of drug-likeness (QED) is 0.555. The molecule has 0 unspecified atom stereocenters. The highest BCUT2D eigenvalue weighted by atomic mass is 16.5. The lowest BCUT2D eigenvalue weighted by Crippen LogP contribution is -2.47. The lowest BCUT2D eigenvalue weighted by atomic mass is 9.92. The average Bonchev–Trinajstić information content (AvgIpc) is 2.18. The molecule has 1 heterocycles. The first-order valence-electron chi connectivity index (χ1n) is 5.11. The summed E-state index contributed by atoms with van der Waals surface area (Å²) in [6.45, 7) is 3.15. The number of ketones is 2. The van der Waals surface area contributed by atoms with E-state index in [4.69, 9.17) is 4.74 Å². The molecule has 1 saturated heterocycles. The van der Waals surface area contributed by atoms with Gasteiger partial charge in [0, 0.05) is 32.0 Å². The second-order valence-corrected chi connectivity index (χ2v) is 3.96. The summed E-state index contributed by atoms with van der Waals surface area (Å²) in [7, 11) is 0. The van der Waals surface area contributed by atoms with Gasteiger partial charge in [0.15, 0.2) is 0 Å². The van der Waals surface area contributed by atoms with Crippen LogP contribution in [0.5, 0.6) is 0 Å². The lowest BCUT2D eigenvalue weighted by molar-refractivity contribution is -0.132. The van der Waals surface area contributed by atoms with E-state index in [1.807, 2.05) is 0 Å². The van der Waals surface area contributed by atoms with Crippen LogP contribution in [0.25, 0.3) is 0 Å². The van der Waals surface area contributed by atoms with Crippen LogP contribution < -0.4 is 0 Å². The molecule has 0 amide bonds. The SMILES string of the molecule is O=C1CC(=O)CC(N2CCOCC2)C1.